The summed E-state index contributed by atoms with van der Waals surface area (Å²) in [5, 5.41) is 0. The molecule has 1 aromatic rings. The van der Waals surface area contributed by atoms with E-state index in [1.807, 2.05) is 0 Å². The number of halogens is 2. The summed E-state index contributed by atoms with van der Waals surface area (Å²) in [6.07, 6.45) is 3.69. The summed E-state index contributed by atoms with van der Waals surface area (Å²) in [5.41, 5.74) is 4.85. The van der Waals surface area contributed by atoms with Crippen molar-refractivity contribution in [2.24, 2.45) is 5.84 Å². The van der Waals surface area contributed by atoms with Crippen LogP contribution in [0.2, 0.25) is 0 Å². The van der Waals surface area contributed by atoms with Crippen molar-refractivity contribution >= 4 is 22.6 Å². The van der Waals surface area contributed by atoms with E-state index in [0.717, 1.165) is 34.2 Å². The van der Waals surface area contributed by atoms with Gasteiger partial charge in [0.05, 0.1) is 18.9 Å². The van der Waals surface area contributed by atoms with Crippen LogP contribution in [0.3, 0.4) is 0 Å². The first kappa shape index (κ1) is 12.8. The molecule has 1 heterocycles. The van der Waals surface area contributed by atoms with Crippen LogP contribution >= 0.6 is 22.6 Å². The van der Waals surface area contributed by atoms with E-state index in [-0.39, 0.29) is 11.9 Å². The molecular weight excluding hydrogens is 334 g/mol. The SMILES string of the molecule is NNC(C1=COCCC1)c1ccc(F)cc1I. The van der Waals surface area contributed by atoms with E-state index >= 15 is 0 Å². The summed E-state index contributed by atoms with van der Waals surface area (Å²) < 4.78 is 19.2. The van der Waals surface area contributed by atoms with Gasteiger partial charge in [0.15, 0.2) is 0 Å². The highest BCUT2D eigenvalue weighted by atomic mass is 127. The summed E-state index contributed by atoms with van der Waals surface area (Å²) in [7, 11) is 0. The third kappa shape index (κ3) is 2.97. The van der Waals surface area contributed by atoms with Crippen LogP contribution in [0, 0.1) is 9.39 Å². The number of ether oxygens (including phenoxy) is 1. The zero-order valence-corrected chi connectivity index (χ0v) is 11.4. The Morgan fingerprint density at radius 3 is 2.88 bits per heavy atom. The fourth-order valence-corrected chi connectivity index (χ4v) is 2.72. The molecule has 2 rings (SSSR count). The second kappa shape index (κ2) is 5.79. The summed E-state index contributed by atoms with van der Waals surface area (Å²) in [4.78, 5) is 0. The average molecular weight is 348 g/mol. The lowest BCUT2D eigenvalue weighted by molar-refractivity contribution is 0.219. The molecule has 0 fully saturated rings. The number of nitrogens with two attached hydrogens (primary N) is 1. The van der Waals surface area contributed by atoms with Crippen LogP contribution in [0.15, 0.2) is 30.0 Å². The molecule has 1 aliphatic rings. The van der Waals surface area contributed by atoms with Gasteiger partial charge in [0.1, 0.15) is 5.82 Å². The van der Waals surface area contributed by atoms with Crippen molar-refractivity contribution in [3.05, 3.63) is 45.0 Å². The molecule has 3 N–H and O–H groups in total. The topological polar surface area (TPSA) is 47.3 Å². The third-order valence-corrected chi connectivity index (χ3v) is 3.71. The first-order valence-corrected chi connectivity index (χ1v) is 6.52. The van der Waals surface area contributed by atoms with E-state index < -0.39 is 0 Å². The van der Waals surface area contributed by atoms with Gasteiger partial charge in [-0.3, -0.25) is 5.84 Å². The second-order valence-corrected chi connectivity index (χ2v) is 5.09. The highest BCUT2D eigenvalue weighted by molar-refractivity contribution is 14.1. The van der Waals surface area contributed by atoms with Crippen LogP contribution in [0.5, 0.6) is 0 Å². The van der Waals surface area contributed by atoms with Gasteiger partial charge >= 0.3 is 0 Å². The zero-order valence-electron chi connectivity index (χ0n) is 9.25. The molecule has 3 nitrogen and oxygen atoms in total. The van der Waals surface area contributed by atoms with Crippen LogP contribution in [0.25, 0.3) is 0 Å². The first-order chi connectivity index (χ1) is 8.22. The van der Waals surface area contributed by atoms with Gasteiger partial charge < -0.3 is 4.74 Å². The summed E-state index contributed by atoms with van der Waals surface area (Å²) >= 11 is 2.12. The van der Waals surface area contributed by atoms with Gasteiger partial charge in [-0.1, -0.05) is 6.07 Å². The molecule has 92 valence electrons. The molecule has 17 heavy (non-hydrogen) atoms. The average Bonchev–Trinajstić information content (AvgIpc) is 2.34. The molecule has 0 bridgehead atoms. The maximum Gasteiger partial charge on any atom is 0.124 e. The minimum Gasteiger partial charge on any atom is -0.501 e. The number of hydrazine groups is 1. The van der Waals surface area contributed by atoms with Crippen LogP contribution in [0.4, 0.5) is 4.39 Å². The molecule has 0 saturated carbocycles. The van der Waals surface area contributed by atoms with Crippen molar-refractivity contribution in [2.45, 2.75) is 18.9 Å². The molecule has 5 heteroatoms. The van der Waals surface area contributed by atoms with Gasteiger partial charge in [-0.2, -0.15) is 0 Å². The number of nitrogens with one attached hydrogen (secondary N) is 1. The minimum atomic E-state index is -0.234. The molecule has 1 aromatic carbocycles. The lowest BCUT2D eigenvalue weighted by Gasteiger charge is -2.23. The highest BCUT2D eigenvalue weighted by Crippen LogP contribution is 2.30. The van der Waals surface area contributed by atoms with E-state index in [0.29, 0.717) is 0 Å². The molecule has 0 amide bonds. The van der Waals surface area contributed by atoms with Gasteiger partial charge in [0, 0.05) is 3.57 Å². The zero-order chi connectivity index (χ0) is 12.3. The van der Waals surface area contributed by atoms with Crippen molar-refractivity contribution in [2.75, 3.05) is 6.61 Å². The number of hydrogen-bond donors (Lipinski definition) is 2. The van der Waals surface area contributed by atoms with Crippen molar-refractivity contribution in [3.8, 4) is 0 Å². The van der Waals surface area contributed by atoms with Crippen molar-refractivity contribution in [3.63, 3.8) is 0 Å². The Morgan fingerprint density at radius 1 is 1.47 bits per heavy atom. The molecule has 0 aromatic heterocycles. The standard InChI is InChI=1S/C12H14FIN2O/c13-9-3-4-10(11(14)6-9)12(16-15)8-2-1-5-17-7-8/h3-4,6-7,12,16H,1-2,5,15H2. The molecule has 0 saturated heterocycles. The van der Waals surface area contributed by atoms with E-state index in [2.05, 4.69) is 28.0 Å². The molecular formula is C12H14FIN2O. The van der Waals surface area contributed by atoms with Crippen molar-refractivity contribution in [1.29, 1.82) is 0 Å². The molecule has 0 aliphatic carbocycles. The number of rotatable bonds is 3. The maximum atomic E-state index is 13.1. The van der Waals surface area contributed by atoms with Gasteiger partial charge in [-0.25, -0.2) is 9.82 Å². The number of benzene rings is 1. The smallest absolute Gasteiger partial charge is 0.124 e. The van der Waals surface area contributed by atoms with Gasteiger partial charge in [-0.15, -0.1) is 0 Å². The predicted octanol–water partition coefficient (Wildman–Crippen LogP) is 2.63. The van der Waals surface area contributed by atoms with Crippen molar-refractivity contribution in [1.82, 2.24) is 5.43 Å². The van der Waals surface area contributed by atoms with Crippen molar-refractivity contribution < 1.29 is 9.13 Å². The molecule has 0 radical (unpaired) electrons. The van der Waals surface area contributed by atoms with Gasteiger partial charge in [-0.05, 0) is 58.7 Å². The van der Waals surface area contributed by atoms with E-state index in [4.69, 9.17) is 10.6 Å². The van der Waals surface area contributed by atoms with Gasteiger partial charge in [0.2, 0.25) is 0 Å². The quantitative estimate of drug-likeness (QED) is 0.502. The fraction of sp³-hybridized carbons (Fsp3) is 0.333. The highest BCUT2D eigenvalue weighted by Gasteiger charge is 2.20. The molecule has 0 spiro atoms. The first-order valence-electron chi connectivity index (χ1n) is 5.44. The minimum absolute atomic E-state index is 0.109. The third-order valence-electron chi connectivity index (χ3n) is 2.77. The summed E-state index contributed by atoms with van der Waals surface area (Å²) in [6.45, 7) is 0.751. The Bertz CT molecular complexity index is 437. The lowest BCUT2D eigenvalue weighted by atomic mass is 9.96. The Labute approximate surface area is 113 Å². The molecule has 1 atom stereocenters. The van der Waals surface area contributed by atoms with E-state index in [1.54, 1.807) is 12.3 Å². The monoisotopic (exact) mass is 348 g/mol. The normalized spacial score (nSPS) is 17.2. The van der Waals surface area contributed by atoms with Crippen LogP contribution in [0.1, 0.15) is 24.4 Å². The summed E-state index contributed by atoms with van der Waals surface area (Å²) in [6, 6.07) is 4.61. The Kier molecular flexibility index (Phi) is 4.36. The second-order valence-electron chi connectivity index (χ2n) is 3.93. The fourth-order valence-electron chi connectivity index (χ4n) is 1.93. The Balaban J connectivity index is 2.31. The van der Waals surface area contributed by atoms with Gasteiger partial charge in [0.25, 0.3) is 0 Å². The Hall–Kier alpha value is -0.660. The van der Waals surface area contributed by atoms with E-state index in [9.17, 15) is 4.39 Å². The molecule has 1 aliphatic heterocycles. The number of hydrogen-bond acceptors (Lipinski definition) is 3. The van der Waals surface area contributed by atoms with Crippen LogP contribution in [-0.4, -0.2) is 6.61 Å². The predicted molar refractivity (Wildman–Crippen MR) is 72.5 cm³/mol. The Morgan fingerprint density at radius 2 is 2.29 bits per heavy atom. The molecule has 1 unspecified atom stereocenters. The largest absolute Gasteiger partial charge is 0.501 e. The lowest BCUT2D eigenvalue weighted by Crippen LogP contribution is -2.31. The van der Waals surface area contributed by atoms with Crippen LogP contribution in [-0.2, 0) is 4.74 Å². The summed E-state index contributed by atoms with van der Waals surface area (Å²) in [5.74, 6) is 5.37. The maximum absolute atomic E-state index is 13.1. The van der Waals surface area contributed by atoms with E-state index in [1.165, 1.54) is 12.1 Å². The van der Waals surface area contributed by atoms with Crippen LogP contribution < -0.4 is 11.3 Å².